The number of benzene rings is 2. The Hall–Kier alpha value is -4.88. The number of amides is 1. The maximum absolute atomic E-state index is 14.7. The van der Waals surface area contributed by atoms with E-state index in [1.165, 1.54) is 30.6 Å². The van der Waals surface area contributed by atoms with Gasteiger partial charge < -0.3 is 24.2 Å². The molecule has 5 heterocycles. The van der Waals surface area contributed by atoms with Crippen LogP contribution in [0, 0.1) is 11.6 Å². The minimum absolute atomic E-state index is 0.0132. The van der Waals surface area contributed by atoms with Gasteiger partial charge in [0, 0.05) is 57.1 Å². The third-order valence-corrected chi connectivity index (χ3v) is 8.45. The zero-order chi connectivity index (χ0) is 31.2. The summed E-state index contributed by atoms with van der Waals surface area (Å²) in [4.78, 5) is 32.0. The highest BCUT2D eigenvalue weighted by Gasteiger charge is 2.27. The lowest BCUT2D eigenvalue weighted by molar-refractivity contribution is -0.126. The van der Waals surface area contributed by atoms with Gasteiger partial charge in [-0.15, -0.1) is 0 Å². The van der Waals surface area contributed by atoms with Crippen molar-refractivity contribution in [3.05, 3.63) is 77.1 Å². The van der Waals surface area contributed by atoms with E-state index in [1.54, 1.807) is 17.0 Å². The number of fused-ring (bicyclic) bond motifs is 3. The molecule has 2 aromatic carbocycles. The first kappa shape index (κ1) is 28.9. The Bertz CT molecular complexity index is 1980. The minimum Gasteiger partial charge on any atom is -0.434 e. The smallest absolute Gasteiger partial charge is 0.324 e. The van der Waals surface area contributed by atoms with Crippen molar-refractivity contribution in [3.8, 4) is 23.4 Å². The summed E-state index contributed by atoms with van der Waals surface area (Å²) in [6.07, 6.45) is 4.86. The van der Waals surface area contributed by atoms with Crippen molar-refractivity contribution in [1.29, 1.82) is 0 Å². The maximum atomic E-state index is 14.7. The predicted octanol–water partition coefficient (Wildman–Crippen LogP) is 5.24. The number of carbonyl (C=O) groups is 1. The molecule has 0 spiro atoms. The molecule has 45 heavy (non-hydrogen) atoms. The lowest BCUT2D eigenvalue weighted by Gasteiger charge is -2.35. The van der Waals surface area contributed by atoms with E-state index < -0.39 is 5.82 Å². The second-order valence-electron chi connectivity index (χ2n) is 10.9. The summed E-state index contributed by atoms with van der Waals surface area (Å²) in [7, 11) is 1.96. The number of aromatic amines is 1. The van der Waals surface area contributed by atoms with Gasteiger partial charge in [0.1, 0.15) is 33.7 Å². The molecule has 1 saturated heterocycles. The van der Waals surface area contributed by atoms with E-state index in [2.05, 4.69) is 26.7 Å². The van der Waals surface area contributed by atoms with Gasteiger partial charge in [-0.05, 0) is 43.3 Å². The van der Waals surface area contributed by atoms with Gasteiger partial charge in [0.15, 0.2) is 5.75 Å². The third kappa shape index (κ3) is 5.27. The number of rotatable bonds is 6. The zero-order valence-electron chi connectivity index (χ0n) is 24.2. The molecule has 230 valence electrons. The molecule has 2 aliphatic rings. The number of H-pyrrole nitrogens is 1. The predicted molar refractivity (Wildman–Crippen MR) is 164 cm³/mol. The fourth-order valence-electron chi connectivity index (χ4n) is 5.76. The van der Waals surface area contributed by atoms with Crippen molar-refractivity contribution in [2.24, 2.45) is 0 Å². The molecule has 1 N–H and O–H groups in total. The topological polar surface area (TPSA) is 113 Å². The number of hydrogen-bond donors (Lipinski definition) is 1. The Labute approximate surface area is 261 Å². The second-order valence-corrected chi connectivity index (χ2v) is 11.3. The van der Waals surface area contributed by atoms with Gasteiger partial charge in [0.25, 0.3) is 0 Å². The number of pyridine rings is 1. The van der Waals surface area contributed by atoms with Crippen molar-refractivity contribution >= 4 is 45.1 Å². The first-order valence-corrected chi connectivity index (χ1v) is 14.7. The standard InChI is InChI=1S/C31H27ClF2N8O3/c1-3-25(43)41-10-12-42(13-11-41)29-18-6-8-35-30(45-28-19-15-36-39-23(19)14-22(34)26(28)32)27(18)37-31(38-29)44-24-5-4-21(33)17-7-9-40(2)16-20(17)24/h3-6,8,14-15H,1,7,9-13,16H2,2H3,(H,36,39). The number of ether oxygens (including phenoxy) is 2. The fraction of sp³-hybridized carbons (Fsp3) is 0.258. The number of hydrogen-bond acceptors (Lipinski definition) is 9. The SMILES string of the molecule is C=CC(=O)N1CCN(c2nc(Oc3ccc(F)c4c3CN(C)CC4)nc3c(Oc4c(Cl)c(F)cc5[nH]ncc45)nccc23)CC1. The number of nitrogens with zero attached hydrogens (tertiary/aromatic N) is 7. The van der Waals surface area contributed by atoms with Gasteiger partial charge in [-0.2, -0.15) is 15.1 Å². The monoisotopic (exact) mass is 632 g/mol. The van der Waals surface area contributed by atoms with Crippen LogP contribution >= 0.6 is 11.6 Å². The van der Waals surface area contributed by atoms with Crippen LogP contribution in [0.3, 0.4) is 0 Å². The minimum atomic E-state index is -0.694. The molecule has 11 nitrogen and oxygen atoms in total. The Morgan fingerprint density at radius 3 is 2.67 bits per heavy atom. The van der Waals surface area contributed by atoms with Crippen LogP contribution < -0.4 is 14.4 Å². The number of nitrogens with one attached hydrogen (secondary N) is 1. The van der Waals surface area contributed by atoms with E-state index in [0.29, 0.717) is 72.6 Å². The van der Waals surface area contributed by atoms with E-state index in [9.17, 15) is 13.6 Å². The molecule has 5 aromatic rings. The molecule has 2 aliphatic heterocycles. The Kier molecular flexibility index (Phi) is 7.42. The number of halogens is 3. The number of piperazine rings is 1. The van der Waals surface area contributed by atoms with E-state index in [4.69, 9.17) is 31.0 Å². The molecule has 1 amide bonds. The molecule has 1 fully saturated rings. The average Bonchev–Trinajstić information content (AvgIpc) is 3.52. The molecule has 3 aromatic heterocycles. The van der Waals surface area contributed by atoms with Crippen LogP contribution in [-0.4, -0.2) is 80.6 Å². The third-order valence-electron chi connectivity index (χ3n) is 8.10. The van der Waals surface area contributed by atoms with Crippen LogP contribution in [0.2, 0.25) is 5.02 Å². The van der Waals surface area contributed by atoms with Crippen molar-refractivity contribution in [3.63, 3.8) is 0 Å². The van der Waals surface area contributed by atoms with Crippen LogP contribution in [-0.2, 0) is 17.8 Å². The van der Waals surface area contributed by atoms with E-state index in [1.807, 2.05) is 11.9 Å². The van der Waals surface area contributed by atoms with E-state index in [0.717, 1.165) is 12.1 Å². The molecular weight excluding hydrogens is 606 g/mol. The highest BCUT2D eigenvalue weighted by atomic mass is 35.5. The first-order valence-electron chi connectivity index (χ1n) is 14.3. The lowest BCUT2D eigenvalue weighted by Crippen LogP contribution is -2.48. The summed E-state index contributed by atoms with van der Waals surface area (Å²) in [5.41, 5.74) is 2.00. The normalized spacial score (nSPS) is 15.4. The van der Waals surface area contributed by atoms with Crippen LogP contribution in [0.4, 0.5) is 14.6 Å². The fourth-order valence-corrected chi connectivity index (χ4v) is 5.95. The molecule has 0 bridgehead atoms. The Balaban J connectivity index is 1.35. The van der Waals surface area contributed by atoms with Gasteiger partial charge in [-0.25, -0.2) is 13.8 Å². The molecular formula is C31H27ClF2N8O3. The zero-order valence-corrected chi connectivity index (χ0v) is 24.9. The summed E-state index contributed by atoms with van der Waals surface area (Å²) in [6.45, 7) is 6.68. The molecule has 14 heteroatoms. The highest BCUT2D eigenvalue weighted by Crippen LogP contribution is 2.41. The summed E-state index contributed by atoms with van der Waals surface area (Å²) >= 11 is 6.36. The Morgan fingerprint density at radius 1 is 1.04 bits per heavy atom. The van der Waals surface area contributed by atoms with Gasteiger partial charge >= 0.3 is 6.01 Å². The van der Waals surface area contributed by atoms with E-state index in [-0.39, 0.29) is 39.9 Å². The summed E-state index contributed by atoms with van der Waals surface area (Å²) in [6, 6.07) is 5.93. The number of aromatic nitrogens is 5. The van der Waals surface area contributed by atoms with Crippen molar-refractivity contribution in [1.82, 2.24) is 34.9 Å². The van der Waals surface area contributed by atoms with Crippen LogP contribution in [0.15, 0.2) is 49.3 Å². The number of anilines is 1. The van der Waals surface area contributed by atoms with Crippen molar-refractivity contribution in [2.45, 2.75) is 13.0 Å². The van der Waals surface area contributed by atoms with Crippen molar-refractivity contribution in [2.75, 3.05) is 44.7 Å². The van der Waals surface area contributed by atoms with Crippen molar-refractivity contribution < 1.29 is 23.0 Å². The van der Waals surface area contributed by atoms with Gasteiger partial charge in [-0.1, -0.05) is 18.2 Å². The molecule has 0 unspecified atom stereocenters. The lowest BCUT2D eigenvalue weighted by atomic mass is 9.98. The quantitative estimate of drug-likeness (QED) is 0.251. The van der Waals surface area contributed by atoms with Crippen LogP contribution in [0.25, 0.3) is 21.8 Å². The number of carbonyl (C=O) groups excluding carboxylic acids is 1. The van der Waals surface area contributed by atoms with Gasteiger partial charge in [-0.3, -0.25) is 9.89 Å². The average molecular weight is 633 g/mol. The molecule has 0 aliphatic carbocycles. The summed E-state index contributed by atoms with van der Waals surface area (Å²) < 4.78 is 41.9. The first-order chi connectivity index (χ1) is 21.8. The highest BCUT2D eigenvalue weighted by molar-refractivity contribution is 6.33. The summed E-state index contributed by atoms with van der Waals surface area (Å²) in [5, 5.41) is 7.52. The van der Waals surface area contributed by atoms with E-state index >= 15 is 0 Å². The van der Waals surface area contributed by atoms with Gasteiger partial charge in [0.05, 0.1) is 22.5 Å². The Morgan fingerprint density at radius 2 is 1.87 bits per heavy atom. The second kappa shape index (κ2) is 11.6. The summed E-state index contributed by atoms with van der Waals surface area (Å²) in [5.74, 6) is -0.0951. The maximum Gasteiger partial charge on any atom is 0.324 e. The molecule has 7 rings (SSSR count). The van der Waals surface area contributed by atoms with Gasteiger partial charge in [0.2, 0.25) is 11.8 Å². The molecule has 0 atom stereocenters. The van der Waals surface area contributed by atoms with Crippen LogP contribution in [0.5, 0.6) is 23.4 Å². The molecule has 0 radical (unpaired) electrons. The largest absolute Gasteiger partial charge is 0.434 e. The number of likely N-dealkylation sites (N-methyl/N-ethyl adjacent to an activating group) is 1. The van der Waals surface area contributed by atoms with Crippen LogP contribution in [0.1, 0.15) is 11.1 Å². The molecule has 0 saturated carbocycles.